The highest BCUT2D eigenvalue weighted by molar-refractivity contribution is 6.02. The fourth-order valence-electron chi connectivity index (χ4n) is 3.63. The molecule has 1 amide bonds. The van der Waals surface area contributed by atoms with Crippen LogP contribution in [0.3, 0.4) is 0 Å². The molecule has 1 aliphatic rings. The van der Waals surface area contributed by atoms with Gasteiger partial charge in [0.1, 0.15) is 11.5 Å². The van der Waals surface area contributed by atoms with E-state index in [9.17, 15) is 4.79 Å². The number of carbonyl (C=O) groups excluding carboxylic acids is 1. The van der Waals surface area contributed by atoms with Crippen LogP contribution in [0.15, 0.2) is 48.9 Å². The van der Waals surface area contributed by atoms with Gasteiger partial charge in [-0.1, -0.05) is 6.92 Å². The van der Waals surface area contributed by atoms with Crippen molar-refractivity contribution in [3.8, 4) is 11.1 Å². The smallest absolute Gasteiger partial charge is 0.228 e. The molecule has 4 N–H and O–H groups in total. The van der Waals surface area contributed by atoms with Gasteiger partial charge in [0.15, 0.2) is 0 Å². The Morgan fingerprint density at radius 1 is 1.22 bits per heavy atom. The predicted octanol–water partition coefficient (Wildman–Crippen LogP) is 3.95. The lowest BCUT2D eigenvalue weighted by Gasteiger charge is -2.10. The average molecular weight is 357 g/mol. The van der Waals surface area contributed by atoms with Crippen LogP contribution in [-0.2, 0) is 4.79 Å². The van der Waals surface area contributed by atoms with E-state index in [1.165, 1.54) is 0 Å². The number of benzene rings is 1. The van der Waals surface area contributed by atoms with Crippen LogP contribution in [0.5, 0.6) is 0 Å². The number of nitrogens with one attached hydrogen (secondary N) is 2. The van der Waals surface area contributed by atoms with Gasteiger partial charge in [0, 0.05) is 41.0 Å². The van der Waals surface area contributed by atoms with E-state index in [2.05, 4.69) is 33.3 Å². The Morgan fingerprint density at radius 3 is 2.89 bits per heavy atom. The lowest BCUT2D eigenvalue weighted by Crippen LogP contribution is -2.15. The monoisotopic (exact) mass is 357 g/mol. The number of rotatable bonds is 3. The summed E-state index contributed by atoms with van der Waals surface area (Å²) in [7, 11) is 0. The van der Waals surface area contributed by atoms with Crippen molar-refractivity contribution in [1.82, 2.24) is 15.0 Å². The predicted molar refractivity (Wildman–Crippen MR) is 107 cm³/mol. The van der Waals surface area contributed by atoms with Crippen molar-refractivity contribution in [2.75, 3.05) is 11.1 Å². The summed E-state index contributed by atoms with van der Waals surface area (Å²) in [4.78, 5) is 24.0. The molecule has 4 aromatic rings. The Bertz CT molecular complexity index is 1200. The highest BCUT2D eigenvalue weighted by atomic mass is 16.2. The van der Waals surface area contributed by atoms with Gasteiger partial charge in [-0.15, -0.1) is 0 Å². The molecule has 0 unspecified atom stereocenters. The molecule has 2 atom stereocenters. The zero-order valence-electron chi connectivity index (χ0n) is 14.9. The number of nitrogens with zero attached hydrogens (tertiary/aromatic N) is 2. The molecule has 6 nitrogen and oxygen atoms in total. The molecule has 0 bridgehead atoms. The maximum atomic E-state index is 12.2. The normalized spacial score (nSPS) is 18.7. The van der Waals surface area contributed by atoms with Crippen molar-refractivity contribution in [3.05, 3.63) is 48.9 Å². The first-order valence-electron chi connectivity index (χ1n) is 9.03. The fourth-order valence-corrected chi connectivity index (χ4v) is 3.63. The summed E-state index contributed by atoms with van der Waals surface area (Å²) in [5.74, 6) is 1.17. The second-order valence-electron chi connectivity index (χ2n) is 7.26. The van der Waals surface area contributed by atoms with E-state index >= 15 is 0 Å². The van der Waals surface area contributed by atoms with Gasteiger partial charge in [0.2, 0.25) is 5.91 Å². The minimum absolute atomic E-state index is 0.0432. The molecular weight excluding hydrogens is 338 g/mol. The summed E-state index contributed by atoms with van der Waals surface area (Å²) < 4.78 is 0. The third-order valence-corrected chi connectivity index (χ3v) is 5.34. The average Bonchev–Trinajstić information content (AvgIpc) is 3.20. The third kappa shape index (κ3) is 2.70. The standard InChI is InChI=1S/C21H19N5O/c1-11-6-16(11)21(27)26-19-9-13-7-12(8-18(22)17(13)10-25-19)14-2-4-23-20-15(14)3-5-24-20/h2-5,7-11,16H,6,22H2,1H3,(H,23,24)(H,25,26,27)/t11-,16-/m1/s1. The summed E-state index contributed by atoms with van der Waals surface area (Å²) in [6.45, 7) is 2.08. The maximum Gasteiger partial charge on any atom is 0.228 e. The first-order valence-corrected chi connectivity index (χ1v) is 9.03. The zero-order chi connectivity index (χ0) is 18.5. The molecule has 134 valence electrons. The molecule has 27 heavy (non-hydrogen) atoms. The minimum atomic E-state index is 0.0432. The zero-order valence-corrected chi connectivity index (χ0v) is 14.9. The van der Waals surface area contributed by atoms with E-state index < -0.39 is 0 Å². The van der Waals surface area contributed by atoms with E-state index in [1.54, 1.807) is 12.4 Å². The Hall–Kier alpha value is -3.41. The molecule has 3 aromatic heterocycles. The number of aromatic nitrogens is 3. The van der Waals surface area contributed by atoms with Gasteiger partial charge in [-0.3, -0.25) is 4.79 Å². The topological polar surface area (TPSA) is 96.7 Å². The Morgan fingerprint density at radius 2 is 2.07 bits per heavy atom. The van der Waals surface area contributed by atoms with E-state index in [4.69, 9.17) is 5.73 Å². The Kier molecular flexibility index (Phi) is 3.40. The maximum absolute atomic E-state index is 12.2. The van der Waals surface area contributed by atoms with Gasteiger partial charge in [-0.2, -0.15) is 0 Å². The van der Waals surface area contributed by atoms with Crippen molar-refractivity contribution in [3.63, 3.8) is 0 Å². The second kappa shape index (κ2) is 5.81. The van der Waals surface area contributed by atoms with Crippen LogP contribution in [0.4, 0.5) is 11.5 Å². The largest absolute Gasteiger partial charge is 0.398 e. The van der Waals surface area contributed by atoms with Gasteiger partial charge in [-0.25, -0.2) is 9.97 Å². The van der Waals surface area contributed by atoms with Crippen LogP contribution in [0, 0.1) is 11.8 Å². The fraction of sp³-hybridized carbons (Fsp3) is 0.190. The van der Waals surface area contributed by atoms with E-state index in [-0.39, 0.29) is 11.8 Å². The number of aromatic amines is 1. The van der Waals surface area contributed by atoms with Crippen molar-refractivity contribution in [2.45, 2.75) is 13.3 Å². The molecule has 0 radical (unpaired) electrons. The number of fused-ring (bicyclic) bond motifs is 2. The molecule has 1 aromatic carbocycles. The van der Waals surface area contributed by atoms with Gasteiger partial charge in [0.05, 0.1) is 0 Å². The van der Waals surface area contributed by atoms with Crippen molar-refractivity contribution >= 4 is 39.2 Å². The number of H-pyrrole nitrogens is 1. The Labute approximate surface area is 155 Å². The van der Waals surface area contributed by atoms with Gasteiger partial charge >= 0.3 is 0 Å². The highest BCUT2D eigenvalue weighted by Crippen LogP contribution is 2.38. The summed E-state index contributed by atoms with van der Waals surface area (Å²) in [5, 5.41) is 5.78. The number of nitrogen functional groups attached to an aromatic ring is 1. The first-order chi connectivity index (χ1) is 13.1. The highest BCUT2D eigenvalue weighted by Gasteiger charge is 2.39. The molecule has 0 aliphatic heterocycles. The summed E-state index contributed by atoms with van der Waals surface area (Å²) in [6, 6.07) is 9.90. The molecule has 5 rings (SSSR count). The van der Waals surface area contributed by atoms with Crippen LogP contribution in [0.25, 0.3) is 32.9 Å². The van der Waals surface area contributed by atoms with Crippen molar-refractivity contribution in [2.24, 2.45) is 11.8 Å². The summed E-state index contributed by atoms with van der Waals surface area (Å²) in [6.07, 6.45) is 6.33. The van der Waals surface area contributed by atoms with Crippen molar-refractivity contribution < 1.29 is 4.79 Å². The van der Waals surface area contributed by atoms with E-state index in [0.717, 1.165) is 39.4 Å². The number of carbonyl (C=O) groups is 1. The van der Waals surface area contributed by atoms with Crippen LogP contribution in [0.2, 0.25) is 0 Å². The van der Waals surface area contributed by atoms with Crippen LogP contribution >= 0.6 is 0 Å². The van der Waals surface area contributed by atoms with Gasteiger partial charge in [-0.05, 0) is 59.2 Å². The molecule has 6 heteroatoms. The molecule has 1 fully saturated rings. The lowest BCUT2D eigenvalue weighted by atomic mass is 9.99. The van der Waals surface area contributed by atoms with Crippen LogP contribution in [0.1, 0.15) is 13.3 Å². The number of anilines is 2. The van der Waals surface area contributed by atoms with Crippen LogP contribution in [-0.4, -0.2) is 20.9 Å². The van der Waals surface area contributed by atoms with E-state index in [1.807, 2.05) is 30.5 Å². The third-order valence-electron chi connectivity index (χ3n) is 5.34. The number of pyridine rings is 2. The van der Waals surface area contributed by atoms with Crippen LogP contribution < -0.4 is 11.1 Å². The number of hydrogen-bond donors (Lipinski definition) is 3. The summed E-state index contributed by atoms with van der Waals surface area (Å²) >= 11 is 0. The quantitative estimate of drug-likeness (QED) is 0.484. The molecule has 0 spiro atoms. The Balaban J connectivity index is 1.58. The molecule has 3 heterocycles. The van der Waals surface area contributed by atoms with E-state index in [0.29, 0.717) is 17.4 Å². The second-order valence-corrected chi connectivity index (χ2v) is 7.26. The van der Waals surface area contributed by atoms with Crippen molar-refractivity contribution in [1.29, 1.82) is 0 Å². The minimum Gasteiger partial charge on any atom is -0.398 e. The number of nitrogens with two attached hydrogens (primary N) is 1. The SMILES string of the molecule is C[C@@H]1C[C@H]1C(=O)Nc1cc2cc(-c3ccnc4[nH]ccc34)cc(N)c2cn1. The first kappa shape index (κ1) is 15.8. The van der Waals surface area contributed by atoms with Gasteiger partial charge in [0.25, 0.3) is 0 Å². The molecule has 1 saturated carbocycles. The molecule has 1 aliphatic carbocycles. The van der Waals surface area contributed by atoms with Gasteiger partial charge < -0.3 is 16.0 Å². The number of hydrogen-bond acceptors (Lipinski definition) is 4. The summed E-state index contributed by atoms with van der Waals surface area (Å²) in [5.41, 5.74) is 9.85. The number of amides is 1. The lowest BCUT2D eigenvalue weighted by molar-refractivity contribution is -0.117. The molecule has 0 saturated heterocycles. The molecular formula is C21H19N5O.